The fraction of sp³-hybridized carbons (Fsp3) is 0.208. The fourth-order valence-corrected chi connectivity index (χ4v) is 3.64. The Morgan fingerprint density at radius 3 is 2.47 bits per heavy atom. The van der Waals surface area contributed by atoms with Crippen molar-refractivity contribution >= 4 is 17.1 Å². The van der Waals surface area contributed by atoms with E-state index in [0.29, 0.717) is 29.6 Å². The van der Waals surface area contributed by atoms with Gasteiger partial charge in [0.25, 0.3) is 5.91 Å². The van der Waals surface area contributed by atoms with E-state index in [9.17, 15) is 18.0 Å². The summed E-state index contributed by atoms with van der Waals surface area (Å²) in [4.78, 5) is 23.5. The lowest BCUT2D eigenvalue weighted by molar-refractivity contribution is 0.0712. The minimum Gasteiger partial charge on any atom is -0.327 e. The molecular weight excluding hydrogens is 417 g/mol. The van der Waals surface area contributed by atoms with E-state index in [1.54, 1.807) is 36.5 Å². The number of halogens is 3. The molecule has 2 aromatic heterocycles. The van der Waals surface area contributed by atoms with Gasteiger partial charge in [-0.1, -0.05) is 37.3 Å². The van der Waals surface area contributed by atoms with Gasteiger partial charge in [0.2, 0.25) is 0 Å². The van der Waals surface area contributed by atoms with Crippen LogP contribution >= 0.6 is 0 Å². The second-order valence-corrected chi connectivity index (χ2v) is 7.39. The third-order valence-corrected chi connectivity index (χ3v) is 5.12. The number of carbonyl (C=O) groups excluding carboxylic acids is 1. The predicted molar refractivity (Wildman–Crippen MR) is 114 cm³/mol. The van der Waals surface area contributed by atoms with E-state index in [1.807, 2.05) is 23.6 Å². The van der Waals surface area contributed by atoms with Gasteiger partial charge < -0.3 is 9.47 Å². The fourth-order valence-electron chi connectivity index (χ4n) is 3.64. The van der Waals surface area contributed by atoms with Gasteiger partial charge in [-0.2, -0.15) is 0 Å². The molecule has 5 nitrogen and oxygen atoms in total. The number of nitrogens with zero attached hydrogens (tertiary/aromatic N) is 4. The molecule has 0 saturated carbocycles. The van der Waals surface area contributed by atoms with E-state index in [4.69, 9.17) is 0 Å². The molecule has 0 unspecified atom stereocenters. The van der Waals surface area contributed by atoms with Gasteiger partial charge in [0.15, 0.2) is 17.3 Å². The van der Waals surface area contributed by atoms with Gasteiger partial charge in [0.05, 0.1) is 6.54 Å². The first-order valence-electron chi connectivity index (χ1n) is 10.3. The van der Waals surface area contributed by atoms with Crippen LogP contribution in [-0.4, -0.2) is 25.3 Å². The van der Waals surface area contributed by atoms with Crippen molar-refractivity contribution in [1.82, 2.24) is 19.4 Å². The molecule has 0 fully saturated rings. The molecule has 0 radical (unpaired) electrons. The number of amides is 1. The second-order valence-electron chi connectivity index (χ2n) is 7.39. The Balaban J connectivity index is 1.78. The standard InChI is InChI=1S/C24H21F3N4O/c1-2-13-31-20(29-19-9-6-12-28-23(19)31)15-30(14-16-7-4-3-5-8-16)24(32)21-17(25)10-11-18(26)22(21)27/h3-12H,2,13-15H2,1H3. The van der Waals surface area contributed by atoms with E-state index in [0.717, 1.165) is 18.1 Å². The summed E-state index contributed by atoms with van der Waals surface area (Å²) in [6.45, 7) is 2.65. The Labute approximate surface area is 183 Å². The number of aromatic nitrogens is 3. The number of rotatable bonds is 7. The number of hydrogen-bond donors (Lipinski definition) is 0. The highest BCUT2D eigenvalue weighted by Crippen LogP contribution is 2.22. The zero-order chi connectivity index (χ0) is 22.7. The maximum Gasteiger partial charge on any atom is 0.260 e. The number of aryl methyl sites for hydroxylation is 1. The Morgan fingerprint density at radius 2 is 1.72 bits per heavy atom. The number of fused-ring (bicyclic) bond motifs is 1. The van der Waals surface area contributed by atoms with Crippen molar-refractivity contribution in [2.75, 3.05) is 0 Å². The zero-order valence-corrected chi connectivity index (χ0v) is 17.4. The molecule has 0 aliphatic heterocycles. The van der Waals surface area contributed by atoms with Crippen molar-refractivity contribution < 1.29 is 18.0 Å². The lowest BCUT2D eigenvalue weighted by Gasteiger charge is -2.23. The SMILES string of the molecule is CCCn1c(CN(Cc2ccccc2)C(=O)c2c(F)ccc(F)c2F)nc2cccnc21. The zero-order valence-electron chi connectivity index (χ0n) is 17.4. The predicted octanol–water partition coefficient (Wildman–Crippen LogP) is 5.10. The molecule has 4 rings (SSSR count). The number of pyridine rings is 1. The van der Waals surface area contributed by atoms with Crippen LogP contribution in [0.2, 0.25) is 0 Å². The molecule has 0 aliphatic rings. The van der Waals surface area contributed by atoms with Crippen molar-refractivity contribution in [2.24, 2.45) is 0 Å². The Kier molecular flexibility index (Phi) is 6.20. The van der Waals surface area contributed by atoms with Crippen molar-refractivity contribution in [1.29, 1.82) is 0 Å². The summed E-state index contributed by atoms with van der Waals surface area (Å²) in [5.74, 6) is -4.32. The molecule has 0 bridgehead atoms. The molecular formula is C24H21F3N4O. The Hall–Kier alpha value is -3.68. The first-order chi connectivity index (χ1) is 15.5. The average molecular weight is 438 g/mol. The van der Waals surface area contributed by atoms with Crippen LogP contribution in [0.3, 0.4) is 0 Å². The molecule has 0 spiro atoms. The van der Waals surface area contributed by atoms with E-state index >= 15 is 0 Å². The van der Waals surface area contributed by atoms with Gasteiger partial charge in [0, 0.05) is 19.3 Å². The maximum absolute atomic E-state index is 14.4. The first-order valence-corrected chi connectivity index (χ1v) is 10.3. The van der Waals surface area contributed by atoms with Crippen LogP contribution in [0.4, 0.5) is 13.2 Å². The van der Waals surface area contributed by atoms with E-state index in [1.165, 1.54) is 4.90 Å². The van der Waals surface area contributed by atoms with Crippen LogP contribution in [0.5, 0.6) is 0 Å². The molecule has 1 amide bonds. The topological polar surface area (TPSA) is 51.0 Å². The smallest absolute Gasteiger partial charge is 0.260 e. The molecule has 0 atom stereocenters. The highest BCUT2D eigenvalue weighted by atomic mass is 19.2. The normalized spacial score (nSPS) is 11.1. The molecule has 0 aliphatic carbocycles. The van der Waals surface area contributed by atoms with Gasteiger partial charge in [0.1, 0.15) is 22.7 Å². The second kappa shape index (κ2) is 9.21. The lowest BCUT2D eigenvalue weighted by Crippen LogP contribution is -2.33. The molecule has 32 heavy (non-hydrogen) atoms. The molecule has 164 valence electrons. The van der Waals surface area contributed by atoms with Crippen molar-refractivity contribution in [2.45, 2.75) is 33.0 Å². The Morgan fingerprint density at radius 1 is 0.969 bits per heavy atom. The quantitative estimate of drug-likeness (QED) is 0.377. The highest BCUT2D eigenvalue weighted by Gasteiger charge is 2.27. The summed E-state index contributed by atoms with van der Waals surface area (Å²) < 4.78 is 44.5. The molecule has 0 saturated heterocycles. The minimum absolute atomic E-state index is 0.0283. The average Bonchev–Trinajstić information content (AvgIpc) is 3.14. The lowest BCUT2D eigenvalue weighted by atomic mass is 10.1. The maximum atomic E-state index is 14.4. The molecule has 2 aromatic carbocycles. The van der Waals surface area contributed by atoms with Crippen LogP contribution < -0.4 is 0 Å². The summed E-state index contributed by atoms with van der Waals surface area (Å²) in [6.07, 6.45) is 2.46. The monoisotopic (exact) mass is 438 g/mol. The number of imidazole rings is 1. The molecule has 0 N–H and O–H groups in total. The molecule has 8 heteroatoms. The summed E-state index contributed by atoms with van der Waals surface area (Å²) in [5.41, 5.74) is 1.16. The van der Waals surface area contributed by atoms with Crippen LogP contribution in [0, 0.1) is 17.5 Å². The first kappa shape index (κ1) is 21.5. The number of benzene rings is 2. The largest absolute Gasteiger partial charge is 0.327 e. The third kappa shape index (κ3) is 4.21. The number of hydrogen-bond acceptors (Lipinski definition) is 3. The van der Waals surface area contributed by atoms with E-state index in [-0.39, 0.29) is 13.1 Å². The number of carbonyl (C=O) groups is 1. The van der Waals surface area contributed by atoms with Crippen LogP contribution in [0.25, 0.3) is 11.2 Å². The van der Waals surface area contributed by atoms with Gasteiger partial charge in [-0.05, 0) is 36.2 Å². The van der Waals surface area contributed by atoms with E-state index < -0.39 is 28.9 Å². The van der Waals surface area contributed by atoms with Crippen molar-refractivity contribution in [3.63, 3.8) is 0 Å². The summed E-state index contributed by atoms with van der Waals surface area (Å²) in [5, 5.41) is 0. The van der Waals surface area contributed by atoms with Crippen LogP contribution in [-0.2, 0) is 19.6 Å². The van der Waals surface area contributed by atoms with Crippen molar-refractivity contribution in [3.05, 3.63) is 95.2 Å². The minimum atomic E-state index is -1.50. The van der Waals surface area contributed by atoms with Gasteiger partial charge >= 0.3 is 0 Å². The van der Waals surface area contributed by atoms with Crippen LogP contribution in [0.15, 0.2) is 60.8 Å². The van der Waals surface area contributed by atoms with Crippen molar-refractivity contribution in [3.8, 4) is 0 Å². The third-order valence-electron chi connectivity index (χ3n) is 5.12. The van der Waals surface area contributed by atoms with E-state index in [2.05, 4.69) is 9.97 Å². The van der Waals surface area contributed by atoms with Gasteiger partial charge in [-0.3, -0.25) is 4.79 Å². The van der Waals surface area contributed by atoms with Gasteiger partial charge in [-0.25, -0.2) is 23.1 Å². The van der Waals surface area contributed by atoms with Gasteiger partial charge in [-0.15, -0.1) is 0 Å². The van der Waals surface area contributed by atoms with Crippen LogP contribution in [0.1, 0.15) is 35.1 Å². The summed E-state index contributed by atoms with van der Waals surface area (Å²) >= 11 is 0. The Bertz CT molecular complexity index is 1260. The highest BCUT2D eigenvalue weighted by molar-refractivity contribution is 5.94. The summed E-state index contributed by atoms with van der Waals surface area (Å²) in [6, 6.07) is 14.0. The molecule has 2 heterocycles. The molecule has 4 aromatic rings. The summed E-state index contributed by atoms with van der Waals surface area (Å²) in [7, 11) is 0.